The topological polar surface area (TPSA) is 55.6 Å². The van der Waals surface area contributed by atoms with Crippen molar-refractivity contribution in [1.82, 2.24) is 19.6 Å². The Hall–Kier alpha value is -2.61. The van der Waals surface area contributed by atoms with Gasteiger partial charge in [0.15, 0.2) is 5.65 Å². The summed E-state index contributed by atoms with van der Waals surface area (Å²) in [6.45, 7) is 1.50. The van der Waals surface area contributed by atoms with Crippen molar-refractivity contribution in [3.63, 3.8) is 0 Å². The van der Waals surface area contributed by atoms with Crippen LogP contribution in [-0.2, 0) is 4.74 Å². The molecule has 0 aliphatic carbocycles. The van der Waals surface area contributed by atoms with Gasteiger partial charge in [-0.05, 0) is 6.07 Å². The van der Waals surface area contributed by atoms with Crippen LogP contribution in [0.4, 0.5) is 14.6 Å². The average molecular weight is 317 g/mol. The van der Waals surface area contributed by atoms with E-state index >= 15 is 0 Å². The van der Waals surface area contributed by atoms with Gasteiger partial charge in [0.1, 0.15) is 29.9 Å². The standard InChI is InChI=1S/C15H13F2N5O/c16-10-1-2-11(12(17)5-10)13-8-21(3-4-23-13)15-7-18-6-14-20-19-9-22(14)15/h1-2,5-7,9,13H,3-4,8H2. The van der Waals surface area contributed by atoms with E-state index in [0.29, 0.717) is 30.9 Å². The van der Waals surface area contributed by atoms with Crippen LogP contribution in [0.5, 0.6) is 0 Å². The molecule has 1 aliphatic heterocycles. The van der Waals surface area contributed by atoms with E-state index < -0.39 is 17.7 Å². The minimum Gasteiger partial charge on any atom is -0.370 e. The summed E-state index contributed by atoms with van der Waals surface area (Å²) in [4.78, 5) is 6.19. The van der Waals surface area contributed by atoms with E-state index in [1.807, 2.05) is 9.30 Å². The molecule has 8 heteroatoms. The number of benzene rings is 1. The number of rotatable bonds is 2. The van der Waals surface area contributed by atoms with Crippen LogP contribution in [0.1, 0.15) is 11.7 Å². The fraction of sp³-hybridized carbons (Fsp3) is 0.267. The summed E-state index contributed by atoms with van der Waals surface area (Å²) in [5.41, 5.74) is 0.985. The molecule has 1 aromatic carbocycles. The Bertz CT molecular complexity index is 853. The maximum atomic E-state index is 14.0. The third-order valence-corrected chi connectivity index (χ3v) is 3.90. The van der Waals surface area contributed by atoms with E-state index in [9.17, 15) is 8.78 Å². The highest BCUT2D eigenvalue weighted by Crippen LogP contribution is 2.27. The van der Waals surface area contributed by atoms with Crippen LogP contribution in [0.15, 0.2) is 36.9 Å². The lowest BCUT2D eigenvalue weighted by atomic mass is 10.1. The lowest BCUT2D eigenvalue weighted by Gasteiger charge is -2.34. The first kappa shape index (κ1) is 14.0. The minimum absolute atomic E-state index is 0.347. The molecular formula is C15H13F2N5O. The van der Waals surface area contributed by atoms with E-state index in [2.05, 4.69) is 15.2 Å². The molecule has 3 aromatic rings. The average Bonchev–Trinajstić information content (AvgIpc) is 3.03. The molecule has 0 amide bonds. The Kier molecular flexibility index (Phi) is 3.38. The Labute approximate surface area is 130 Å². The second kappa shape index (κ2) is 5.54. The molecule has 3 heterocycles. The second-order valence-electron chi connectivity index (χ2n) is 5.30. The van der Waals surface area contributed by atoms with Gasteiger partial charge >= 0.3 is 0 Å². The van der Waals surface area contributed by atoms with Crippen molar-refractivity contribution in [2.24, 2.45) is 0 Å². The van der Waals surface area contributed by atoms with Gasteiger partial charge in [0, 0.05) is 24.7 Å². The van der Waals surface area contributed by atoms with Crippen molar-refractivity contribution in [3.05, 3.63) is 54.1 Å². The van der Waals surface area contributed by atoms with E-state index in [4.69, 9.17) is 4.74 Å². The molecule has 2 aromatic heterocycles. The SMILES string of the molecule is Fc1ccc(C2CN(c3cncc4nncn34)CCO2)c(F)c1. The quantitative estimate of drug-likeness (QED) is 0.723. The largest absolute Gasteiger partial charge is 0.370 e. The molecule has 0 bridgehead atoms. The van der Waals surface area contributed by atoms with Crippen LogP contribution in [0, 0.1) is 11.6 Å². The molecule has 0 radical (unpaired) electrons. The zero-order valence-corrected chi connectivity index (χ0v) is 12.1. The maximum absolute atomic E-state index is 14.0. The van der Waals surface area contributed by atoms with Crippen molar-refractivity contribution in [2.45, 2.75) is 6.10 Å². The highest BCUT2D eigenvalue weighted by molar-refractivity contribution is 5.48. The van der Waals surface area contributed by atoms with Crippen molar-refractivity contribution in [2.75, 3.05) is 24.6 Å². The third-order valence-electron chi connectivity index (χ3n) is 3.90. The van der Waals surface area contributed by atoms with Gasteiger partial charge in [-0.25, -0.2) is 8.78 Å². The van der Waals surface area contributed by atoms with Crippen molar-refractivity contribution in [1.29, 1.82) is 0 Å². The van der Waals surface area contributed by atoms with Crippen LogP contribution < -0.4 is 4.90 Å². The summed E-state index contributed by atoms with van der Waals surface area (Å²) < 4.78 is 34.6. The first-order valence-corrected chi connectivity index (χ1v) is 7.17. The van der Waals surface area contributed by atoms with E-state index in [1.54, 1.807) is 18.7 Å². The molecule has 4 rings (SSSR count). The number of anilines is 1. The van der Waals surface area contributed by atoms with Crippen LogP contribution in [0.25, 0.3) is 5.65 Å². The molecule has 6 nitrogen and oxygen atoms in total. The lowest BCUT2D eigenvalue weighted by Crippen LogP contribution is -2.39. The van der Waals surface area contributed by atoms with Gasteiger partial charge in [-0.3, -0.25) is 9.38 Å². The molecule has 1 fully saturated rings. The van der Waals surface area contributed by atoms with Gasteiger partial charge in [0.25, 0.3) is 0 Å². The molecule has 23 heavy (non-hydrogen) atoms. The molecule has 118 valence electrons. The number of morpholine rings is 1. The minimum atomic E-state index is -0.600. The predicted octanol–water partition coefficient (Wildman–Crippen LogP) is 1.98. The third kappa shape index (κ3) is 2.50. The number of nitrogens with zero attached hydrogens (tertiary/aromatic N) is 5. The van der Waals surface area contributed by atoms with Gasteiger partial charge in [-0.15, -0.1) is 10.2 Å². The highest BCUT2D eigenvalue weighted by Gasteiger charge is 2.26. The van der Waals surface area contributed by atoms with Crippen molar-refractivity contribution < 1.29 is 13.5 Å². The molecule has 1 atom stereocenters. The lowest BCUT2D eigenvalue weighted by molar-refractivity contribution is 0.0371. The normalized spacial score (nSPS) is 18.5. The van der Waals surface area contributed by atoms with Crippen LogP contribution in [0.3, 0.4) is 0 Å². The number of fused-ring (bicyclic) bond motifs is 1. The van der Waals surface area contributed by atoms with Gasteiger partial charge in [-0.1, -0.05) is 6.07 Å². The summed E-state index contributed by atoms with van der Waals surface area (Å²) in [5, 5.41) is 7.84. The van der Waals surface area contributed by atoms with Crippen molar-refractivity contribution in [3.8, 4) is 0 Å². The molecule has 0 spiro atoms. The summed E-state index contributed by atoms with van der Waals surface area (Å²) in [6.07, 6.45) is 4.46. The number of aromatic nitrogens is 4. The Balaban J connectivity index is 1.66. The van der Waals surface area contributed by atoms with Gasteiger partial charge in [-0.2, -0.15) is 0 Å². The molecular weight excluding hydrogens is 304 g/mol. The van der Waals surface area contributed by atoms with E-state index in [0.717, 1.165) is 11.9 Å². The fourth-order valence-corrected chi connectivity index (χ4v) is 2.78. The first-order chi connectivity index (χ1) is 11.2. The van der Waals surface area contributed by atoms with Crippen LogP contribution in [-0.4, -0.2) is 39.3 Å². The number of halogens is 2. The van der Waals surface area contributed by atoms with Gasteiger partial charge in [0.2, 0.25) is 0 Å². The fourth-order valence-electron chi connectivity index (χ4n) is 2.78. The van der Waals surface area contributed by atoms with Gasteiger partial charge < -0.3 is 9.64 Å². The zero-order chi connectivity index (χ0) is 15.8. The molecule has 1 saturated heterocycles. The summed E-state index contributed by atoms with van der Waals surface area (Å²) >= 11 is 0. The summed E-state index contributed by atoms with van der Waals surface area (Å²) in [5.74, 6) is -0.391. The van der Waals surface area contributed by atoms with Crippen LogP contribution in [0.2, 0.25) is 0 Å². The number of ether oxygens (including phenoxy) is 1. The second-order valence-corrected chi connectivity index (χ2v) is 5.30. The highest BCUT2D eigenvalue weighted by atomic mass is 19.1. The zero-order valence-electron chi connectivity index (χ0n) is 12.1. The molecule has 1 aliphatic rings. The molecule has 0 N–H and O–H groups in total. The number of hydrogen-bond acceptors (Lipinski definition) is 5. The van der Waals surface area contributed by atoms with Crippen molar-refractivity contribution >= 4 is 11.5 Å². The smallest absolute Gasteiger partial charge is 0.180 e. The Morgan fingerprint density at radius 2 is 2.13 bits per heavy atom. The monoisotopic (exact) mass is 317 g/mol. The van der Waals surface area contributed by atoms with E-state index in [-0.39, 0.29) is 0 Å². The molecule has 0 saturated carbocycles. The van der Waals surface area contributed by atoms with Gasteiger partial charge in [0.05, 0.1) is 19.0 Å². The number of hydrogen-bond donors (Lipinski definition) is 0. The summed E-state index contributed by atoms with van der Waals surface area (Å²) in [7, 11) is 0. The van der Waals surface area contributed by atoms with Crippen LogP contribution >= 0.6 is 0 Å². The predicted molar refractivity (Wildman–Crippen MR) is 78.0 cm³/mol. The Morgan fingerprint density at radius 1 is 1.22 bits per heavy atom. The van der Waals surface area contributed by atoms with E-state index in [1.165, 1.54) is 12.1 Å². The Morgan fingerprint density at radius 3 is 3.00 bits per heavy atom. The first-order valence-electron chi connectivity index (χ1n) is 7.17. The molecule has 1 unspecified atom stereocenters. The maximum Gasteiger partial charge on any atom is 0.180 e. The summed E-state index contributed by atoms with van der Waals surface area (Å²) in [6, 6.07) is 3.54.